The number of carbonyl (C=O) groups excluding carboxylic acids is 1. The van der Waals surface area contributed by atoms with E-state index in [-0.39, 0.29) is 12.0 Å². The van der Waals surface area contributed by atoms with Crippen LogP contribution in [0.1, 0.15) is 54.4 Å². The van der Waals surface area contributed by atoms with Crippen molar-refractivity contribution in [2.75, 3.05) is 20.2 Å². The van der Waals surface area contributed by atoms with Gasteiger partial charge in [-0.25, -0.2) is 0 Å². The molecule has 4 nitrogen and oxygen atoms in total. The minimum absolute atomic E-state index is 0.180. The van der Waals surface area contributed by atoms with Gasteiger partial charge in [-0.15, -0.1) is 0 Å². The Morgan fingerprint density at radius 1 is 1.32 bits per heavy atom. The van der Waals surface area contributed by atoms with Gasteiger partial charge in [0.25, 0.3) is 0 Å². The second kappa shape index (κ2) is 8.54. The fourth-order valence-corrected chi connectivity index (χ4v) is 2.76. The van der Waals surface area contributed by atoms with Crippen molar-refractivity contribution in [3.63, 3.8) is 0 Å². The van der Waals surface area contributed by atoms with Gasteiger partial charge >= 0.3 is 5.97 Å². The summed E-state index contributed by atoms with van der Waals surface area (Å²) in [6.07, 6.45) is 1.89. The van der Waals surface area contributed by atoms with Crippen molar-refractivity contribution in [3.05, 3.63) is 0 Å². The van der Waals surface area contributed by atoms with E-state index in [0.717, 1.165) is 25.9 Å². The predicted molar refractivity (Wildman–Crippen MR) is 80.3 cm³/mol. The minimum atomic E-state index is -0.622. The van der Waals surface area contributed by atoms with Gasteiger partial charge in [-0.05, 0) is 53.6 Å². The van der Waals surface area contributed by atoms with Gasteiger partial charge in [-0.3, -0.25) is 10.1 Å². The first kappa shape index (κ1) is 18.4. The fourth-order valence-electron chi connectivity index (χ4n) is 2.76. The standard InChI is InChI=1S/C15H32N2O2/c1-8-10-17(9-2)13(5)11-15(6,14(18)19-7)16-12(3)4/h12-13,16H,8-11H2,1-7H3. The fraction of sp³-hybridized carbons (Fsp3) is 0.933. The maximum absolute atomic E-state index is 12.1. The highest BCUT2D eigenvalue weighted by Gasteiger charge is 2.37. The number of nitrogens with zero attached hydrogens (tertiary/aromatic N) is 1. The van der Waals surface area contributed by atoms with Crippen LogP contribution in [0, 0.1) is 0 Å². The molecule has 4 heteroatoms. The van der Waals surface area contributed by atoms with Gasteiger partial charge < -0.3 is 9.64 Å². The molecule has 0 aromatic heterocycles. The molecule has 0 spiro atoms. The van der Waals surface area contributed by atoms with Gasteiger partial charge in [0.1, 0.15) is 5.54 Å². The lowest BCUT2D eigenvalue weighted by Gasteiger charge is -2.36. The Kier molecular flexibility index (Phi) is 8.26. The Labute approximate surface area is 118 Å². The molecular formula is C15H32N2O2. The topological polar surface area (TPSA) is 41.6 Å². The summed E-state index contributed by atoms with van der Waals surface area (Å²) in [4.78, 5) is 14.5. The van der Waals surface area contributed by atoms with Crippen LogP contribution in [-0.4, -0.2) is 48.7 Å². The highest BCUT2D eigenvalue weighted by atomic mass is 16.5. The zero-order valence-corrected chi connectivity index (χ0v) is 13.7. The van der Waals surface area contributed by atoms with E-state index in [9.17, 15) is 4.79 Å². The van der Waals surface area contributed by atoms with Crippen LogP contribution in [-0.2, 0) is 9.53 Å². The lowest BCUT2D eigenvalue weighted by atomic mass is 9.91. The lowest BCUT2D eigenvalue weighted by Crippen LogP contribution is -2.56. The highest BCUT2D eigenvalue weighted by molar-refractivity contribution is 5.80. The van der Waals surface area contributed by atoms with E-state index < -0.39 is 5.54 Å². The van der Waals surface area contributed by atoms with Crippen molar-refractivity contribution in [2.24, 2.45) is 0 Å². The molecule has 0 fully saturated rings. The molecule has 2 atom stereocenters. The normalized spacial score (nSPS) is 16.5. The molecule has 0 saturated heterocycles. The third kappa shape index (κ3) is 5.91. The van der Waals surface area contributed by atoms with Gasteiger partial charge in [0.15, 0.2) is 0 Å². The maximum Gasteiger partial charge on any atom is 0.325 e. The van der Waals surface area contributed by atoms with Crippen LogP contribution >= 0.6 is 0 Å². The summed E-state index contributed by atoms with van der Waals surface area (Å²) in [6, 6.07) is 0.595. The lowest BCUT2D eigenvalue weighted by molar-refractivity contribution is -0.149. The number of hydrogen-bond donors (Lipinski definition) is 1. The Morgan fingerprint density at radius 3 is 2.26 bits per heavy atom. The number of ether oxygens (including phenoxy) is 1. The van der Waals surface area contributed by atoms with E-state index in [1.54, 1.807) is 0 Å². The first-order chi connectivity index (χ1) is 8.80. The first-order valence-corrected chi connectivity index (χ1v) is 7.40. The number of carbonyl (C=O) groups is 1. The second-order valence-corrected chi connectivity index (χ2v) is 5.80. The van der Waals surface area contributed by atoms with Gasteiger partial charge in [0, 0.05) is 12.1 Å². The molecule has 0 bridgehead atoms. The quantitative estimate of drug-likeness (QED) is 0.655. The van der Waals surface area contributed by atoms with Crippen molar-refractivity contribution >= 4 is 5.97 Å². The van der Waals surface area contributed by atoms with E-state index in [2.05, 4.69) is 44.8 Å². The molecule has 0 aliphatic rings. The Hall–Kier alpha value is -0.610. The van der Waals surface area contributed by atoms with Crippen LogP contribution in [0.2, 0.25) is 0 Å². The molecule has 0 aromatic carbocycles. The van der Waals surface area contributed by atoms with Crippen LogP contribution in [0.15, 0.2) is 0 Å². The van der Waals surface area contributed by atoms with Crippen LogP contribution in [0.5, 0.6) is 0 Å². The van der Waals surface area contributed by atoms with E-state index in [4.69, 9.17) is 4.74 Å². The summed E-state index contributed by atoms with van der Waals surface area (Å²) >= 11 is 0. The first-order valence-electron chi connectivity index (χ1n) is 7.40. The third-order valence-corrected chi connectivity index (χ3v) is 3.49. The molecule has 19 heavy (non-hydrogen) atoms. The summed E-state index contributed by atoms with van der Waals surface area (Å²) in [5.74, 6) is -0.180. The molecule has 0 rings (SSSR count). The summed E-state index contributed by atoms with van der Waals surface area (Å²) in [6.45, 7) is 14.6. The number of esters is 1. The summed E-state index contributed by atoms with van der Waals surface area (Å²) in [5, 5.41) is 3.36. The molecular weight excluding hydrogens is 240 g/mol. The second-order valence-electron chi connectivity index (χ2n) is 5.80. The molecule has 0 saturated carbocycles. The average Bonchev–Trinajstić information content (AvgIpc) is 2.33. The van der Waals surface area contributed by atoms with Crippen molar-refractivity contribution in [1.29, 1.82) is 0 Å². The molecule has 0 radical (unpaired) electrons. The van der Waals surface area contributed by atoms with Crippen LogP contribution in [0.25, 0.3) is 0 Å². The van der Waals surface area contributed by atoms with Gasteiger partial charge in [0.2, 0.25) is 0 Å². The smallest absolute Gasteiger partial charge is 0.325 e. The number of methoxy groups -OCH3 is 1. The SMILES string of the molecule is CCCN(CC)C(C)CC(C)(NC(C)C)C(=O)OC. The largest absolute Gasteiger partial charge is 0.468 e. The number of rotatable bonds is 9. The molecule has 0 aromatic rings. The van der Waals surface area contributed by atoms with Crippen molar-refractivity contribution < 1.29 is 9.53 Å². The van der Waals surface area contributed by atoms with Crippen molar-refractivity contribution in [2.45, 2.75) is 72.0 Å². The van der Waals surface area contributed by atoms with E-state index >= 15 is 0 Å². The monoisotopic (exact) mass is 272 g/mol. The van der Waals surface area contributed by atoms with Crippen LogP contribution < -0.4 is 5.32 Å². The molecule has 114 valence electrons. The molecule has 0 aliphatic carbocycles. The summed E-state index contributed by atoms with van der Waals surface area (Å²) in [7, 11) is 1.46. The van der Waals surface area contributed by atoms with Gasteiger partial charge in [-0.1, -0.05) is 13.8 Å². The predicted octanol–water partition coefficient (Wildman–Crippen LogP) is 2.43. The number of hydrogen-bond acceptors (Lipinski definition) is 4. The Balaban J connectivity index is 4.84. The summed E-state index contributed by atoms with van der Waals surface area (Å²) in [5.41, 5.74) is -0.622. The molecule has 1 N–H and O–H groups in total. The van der Waals surface area contributed by atoms with Gasteiger partial charge in [-0.2, -0.15) is 0 Å². The highest BCUT2D eigenvalue weighted by Crippen LogP contribution is 2.19. The van der Waals surface area contributed by atoms with Crippen molar-refractivity contribution in [1.82, 2.24) is 10.2 Å². The molecule has 0 heterocycles. The number of nitrogens with one attached hydrogen (secondary N) is 1. The van der Waals surface area contributed by atoms with Crippen molar-refractivity contribution in [3.8, 4) is 0 Å². The van der Waals surface area contributed by atoms with Crippen LogP contribution in [0.3, 0.4) is 0 Å². The Morgan fingerprint density at radius 2 is 1.89 bits per heavy atom. The minimum Gasteiger partial charge on any atom is -0.468 e. The van der Waals surface area contributed by atoms with E-state index in [1.807, 2.05) is 6.92 Å². The molecule has 2 unspecified atom stereocenters. The zero-order chi connectivity index (χ0) is 15.1. The molecule has 0 aliphatic heterocycles. The zero-order valence-electron chi connectivity index (χ0n) is 13.7. The van der Waals surface area contributed by atoms with E-state index in [0.29, 0.717) is 6.04 Å². The summed E-state index contributed by atoms with van der Waals surface area (Å²) < 4.78 is 4.97. The maximum atomic E-state index is 12.1. The average molecular weight is 272 g/mol. The Bertz CT molecular complexity index is 269. The molecule has 0 amide bonds. The van der Waals surface area contributed by atoms with Gasteiger partial charge in [0.05, 0.1) is 7.11 Å². The van der Waals surface area contributed by atoms with Crippen LogP contribution in [0.4, 0.5) is 0 Å². The third-order valence-electron chi connectivity index (χ3n) is 3.49. The van der Waals surface area contributed by atoms with E-state index in [1.165, 1.54) is 7.11 Å².